The van der Waals surface area contributed by atoms with Gasteiger partial charge in [0.15, 0.2) is 6.40 Å². The zero-order valence-electron chi connectivity index (χ0n) is 10.1. The molecule has 0 spiro atoms. The lowest BCUT2D eigenvalue weighted by Crippen LogP contribution is -2.37. The van der Waals surface area contributed by atoms with Gasteiger partial charge in [0.2, 0.25) is 0 Å². The van der Waals surface area contributed by atoms with Crippen molar-refractivity contribution in [3.63, 3.8) is 0 Å². The number of halogens is 1. The molecular weight excluding hydrogens is 236 g/mol. The van der Waals surface area contributed by atoms with Gasteiger partial charge in [-0.1, -0.05) is 11.6 Å². The van der Waals surface area contributed by atoms with Crippen LogP contribution in [-0.4, -0.2) is 31.6 Å². The summed E-state index contributed by atoms with van der Waals surface area (Å²) in [5.74, 6) is 0. The molecule has 1 aromatic carbocycles. The standard InChI is InChI=1S/C13H17ClN2O/c1-10(2)16(7-12-8-17-9-15-12)13-5-3-11(14)4-6-13/h3-6,9-10,12H,7-8H2,1-2H3. The smallest absolute Gasteiger partial charge is 0.169 e. The van der Waals surface area contributed by atoms with Crippen molar-refractivity contribution in [2.24, 2.45) is 4.99 Å². The van der Waals surface area contributed by atoms with Gasteiger partial charge in [-0.05, 0) is 38.1 Å². The minimum Gasteiger partial charge on any atom is -0.481 e. The molecule has 92 valence electrons. The Bertz CT molecular complexity index is 389. The van der Waals surface area contributed by atoms with Gasteiger partial charge in [0.25, 0.3) is 0 Å². The summed E-state index contributed by atoms with van der Waals surface area (Å²) in [5, 5.41) is 0.764. The van der Waals surface area contributed by atoms with Crippen LogP contribution in [0.5, 0.6) is 0 Å². The topological polar surface area (TPSA) is 24.8 Å². The average Bonchev–Trinajstić information content (AvgIpc) is 2.80. The Balaban J connectivity index is 2.11. The molecule has 1 heterocycles. The van der Waals surface area contributed by atoms with Crippen molar-refractivity contribution in [1.29, 1.82) is 0 Å². The van der Waals surface area contributed by atoms with E-state index < -0.39 is 0 Å². The number of hydrogen-bond acceptors (Lipinski definition) is 3. The second-order valence-electron chi connectivity index (χ2n) is 4.46. The highest BCUT2D eigenvalue weighted by atomic mass is 35.5. The fourth-order valence-corrected chi connectivity index (χ4v) is 2.03. The maximum absolute atomic E-state index is 5.90. The van der Waals surface area contributed by atoms with Gasteiger partial charge in [-0.15, -0.1) is 0 Å². The van der Waals surface area contributed by atoms with Crippen LogP contribution in [0, 0.1) is 0 Å². The maximum Gasteiger partial charge on any atom is 0.169 e. The second kappa shape index (κ2) is 5.41. The Hall–Kier alpha value is -1.22. The van der Waals surface area contributed by atoms with E-state index in [-0.39, 0.29) is 6.04 Å². The van der Waals surface area contributed by atoms with Crippen molar-refractivity contribution in [3.05, 3.63) is 29.3 Å². The van der Waals surface area contributed by atoms with Gasteiger partial charge in [0.1, 0.15) is 12.6 Å². The van der Waals surface area contributed by atoms with Crippen molar-refractivity contribution >= 4 is 23.7 Å². The number of hydrogen-bond donors (Lipinski definition) is 0. The molecule has 4 heteroatoms. The van der Waals surface area contributed by atoms with E-state index in [1.54, 1.807) is 6.40 Å². The fourth-order valence-electron chi connectivity index (χ4n) is 1.90. The number of nitrogens with zero attached hydrogens (tertiary/aromatic N) is 2. The van der Waals surface area contributed by atoms with Gasteiger partial charge in [0, 0.05) is 23.3 Å². The lowest BCUT2D eigenvalue weighted by molar-refractivity contribution is 0.326. The van der Waals surface area contributed by atoms with Crippen LogP contribution < -0.4 is 4.90 Å². The second-order valence-corrected chi connectivity index (χ2v) is 4.90. The first kappa shape index (κ1) is 12.2. The quantitative estimate of drug-likeness (QED) is 0.823. The molecule has 1 aliphatic rings. The number of benzene rings is 1. The molecule has 1 atom stereocenters. The van der Waals surface area contributed by atoms with Gasteiger partial charge in [-0.3, -0.25) is 0 Å². The molecule has 1 aliphatic heterocycles. The first-order valence-corrected chi connectivity index (χ1v) is 6.20. The van der Waals surface area contributed by atoms with Crippen molar-refractivity contribution < 1.29 is 4.74 Å². The van der Waals surface area contributed by atoms with Crippen LogP contribution in [0.2, 0.25) is 5.02 Å². The summed E-state index contributed by atoms with van der Waals surface area (Å²) in [6.07, 6.45) is 1.55. The van der Waals surface area contributed by atoms with Gasteiger partial charge < -0.3 is 9.64 Å². The number of anilines is 1. The van der Waals surface area contributed by atoms with E-state index in [9.17, 15) is 0 Å². The van der Waals surface area contributed by atoms with Crippen LogP contribution in [0.3, 0.4) is 0 Å². The van der Waals surface area contributed by atoms with Crippen molar-refractivity contribution in [1.82, 2.24) is 0 Å². The molecule has 1 unspecified atom stereocenters. The lowest BCUT2D eigenvalue weighted by Gasteiger charge is -2.30. The molecule has 0 bridgehead atoms. The Morgan fingerprint density at radius 1 is 1.41 bits per heavy atom. The highest BCUT2D eigenvalue weighted by Crippen LogP contribution is 2.21. The molecule has 0 amide bonds. The molecule has 0 saturated carbocycles. The number of rotatable bonds is 4. The third kappa shape index (κ3) is 3.13. The molecule has 0 fully saturated rings. The van der Waals surface area contributed by atoms with Crippen LogP contribution in [0.15, 0.2) is 29.3 Å². The van der Waals surface area contributed by atoms with E-state index >= 15 is 0 Å². The van der Waals surface area contributed by atoms with E-state index in [0.29, 0.717) is 12.6 Å². The number of aliphatic imine (C=N–C) groups is 1. The molecule has 0 N–H and O–H groups in total. The zero-order chi connectivity index (χ0) is 12.3. The molecule has 2 rings (SSSR count). The van der Waals surface area contributed by atoms with Crippen LogP contribution in [0.4, 0.5) is 5.69 Å². The van der Waals surface area contributed by atoms with Crippen molar-refractivity contribution in [2.75, 3.05) is 18.1 Å². The molecule has 1 aromatic rings. The monoisotopic (exact) mass is 252 g/mol. The highest BCUT2D eigenvalue weighted by molar-refractivity contribution is 6.30. The van der Waals surface area contributed by atoms with E-state index in [1.807, 2.05) is 24.3 Å². The predicted octanol–water partition coefficient (Wildman–Crippen LogP) is 2.98. The minimum atomic E-state index is 0.230. The summed E-state index contributed by atoms with van der Waals surface area (Å²) < 4.78 is 5.15. The highest BCUT2D eigenvalue weighted by Gasteiger charge is 2.19. The van der Waals surface area contributed by atoms with Crippen molar-refractivity contribution in [2.45, 2.75) is 25.9 Å². The molecule has 0 aliphatic carbocycles. The van der Waals surface area contributed by atoms with Gasteiger partial charge >= 0.3 is 0 Å². The predicted molar refractivity (Wildman–Crippen MR) is 72.2 cm³/mol. The Labute approximate surface area is 107 Å². The van der Waals surface area contributed by atoms with Crippen LogP contribution in [0.1, 0.15) is 13.8 Å². The van der Waals surface area contributed by atoms with E-state index in [0.717, 1.165) is 11.6 Å². The fraction of sp³-hybridized carbons (Fsp3) is 0.462. The molecule has 0 radical (unpaired) electrons. The average molecular weight is 253 g/mol. The first-order chi connectivity index (χ1) is 8.16. The van der Waals surface area contributed by atoms with Gasteiger partial charge in [-0.25, -0.2) is 4.99 Å². The van der Waals surface area contributed by atoms with Crippen molar-refractivity contribution in [3.8, 4) is 0 Å². The largest absolute Gasteiger partial charge is 0.481 e. The SMILES string of the molecule is CC(C)N(CC1COC=N1)c1ccc(Cl)cc1. The molecule has 0 aromatic heterocycles. The van der Waals surface area contributed by atoms with Gasteiger partial charge in [0.05, 0.1) is 0 Å². The number of ether oxygens (including phenoxy) is 1. The molecular formula is C13H17ClN2O. The third-order valence-electron chi connectivity index (χ3n) is 2.82. The summed E-state index contributed by atoms with van der Waals surface area (Å²) in [6, 6.07) is 8.57. The summed E-state index contributed by atoms with van der Waals surface area (Å²) in [4.78, 5) is 6.60. The Morgan fingerprint density at radius 3 is 2.65 bits per heavy atom. The van der Waals surface area contributed by atoms with Gasteiger partial charge in [-0.2, -0.15) is 0 Å². The van der Waals surface area contributed by atoms with E-state index in [2.05, 4.69) is 23.7 Å². The summed E-state index contributed by atoms with van der Waals surface area (Å²) in [7, 11) is 0. The van der Waals surface area contributed by atoms with E-state index in [4.69, 9.17) is 16.3 Å². The summed E-state index contributed by atoms with van der Waals surface area (Å²) in [5.41, 5.74) is 1.17. The zero-order valence-corrected chi connectivity index (χ0v) is 10.9. The third-order valence-corrected chi connectivity index (χ3v) is 3.08. The maximum atomic E-state index is 5.90. The summed E-state index contributed by atoms with van der Waals surface area (Å²) >= 11 is 5.90. The van der Waals surface area contributed by atoms with Crippen LogP contribution in [0.25, 0.3) is 0 Å². The van der Waals surface area contributed by atoms with Crippen LogP contribution >= 0.6 is 11.6 Å². The Morgan fingerprint density at radius 2 is 2.12 bits per heavy atom. The molecule has 0 saturated heterocycles. The summed E-state index contributed by atoms with van der Waals surface area (Å²) in [6.45, 7) is 5.90. The molecule has 17 heavy (non-hydrogen) atoms. The van der Waals surface area contributed by atoms with E-state index in [1.165, 1.54) is 5.69 Å². The Kier molecular flexibility index (Phi) is 3.89. The van der Waals surface area contributed by atoms with Crippen LogP contribution in [-0.2, 0) is 4.74 Å². The molecule has 3 nitrogen and oxygen atoms in total. The minimum absolute atomic E-state index is 0.230. The normalized spacial score (nSPS) is 18.5. The lowest BCUT2D eigenvalue weighted by atomic mass is 10.2. The first-order valence-electron chi connectivity index (χ1n) is 5.82.